The maximum atomic E-state index is 12.4. The molecule has 0 aliphatic heterocycles. The number of halogens is 1. The van der Waals surface area contributed by atoms with Crippen LogP contribution in [0.1, 0.15) is 28.7 Å². The molecular weight excluding hydrogens is 342 g/mol. The number of hydrogen-bond donors (Lipinski definition) is 2. The molecular formula is C17H22BrN3O. The van der Waals surface area contributed by atoms with Crippen molar-refractivity contribution in [2.24, 2.45) is 0 Å². The van der Waals surface area contributed by atoms with E-state index in [1.165, 1.54) is 0 Å². The zero-order valence-electron chi connectivity index (χ0n) is 13.4. The third-order valence-corrected chi connectivity index (χ3v) is 4.30. The largest absolute Gasteiger partial charge is 0.350 e. The number of amides is 1. The predicted molar refractivity (Wildman–Crippen MR) is 93.8 cm³/mol. The standard InChI is InChI=1S/C17H22BrN3O/c1-11(19-4)10-20-17(22)16-8-12(2)21(13(16)3)15-7-5-6-14(18)9-15/h5-9,11,19H,10H2,1-4H3,(H,20,22). The zero-order valence-corrected chi connectivity index (χ0v) is 15.0. The van der Waals surface area contributed by atoms with Crippen LogP contribution in [0.5, 0.6) is 0 Å². The minimum atomic E-state index is -0.0311. The van der Waals surface area contributed by atoms with E-state index in [1.807, 2.05) is 58.2 Å². The van der Waals surface area contributed by atoms with E-state index >= 15 is 0 Å². The summed E-state index contributed by atoms with van der Waals surface area (Å²) >= 11 is 3.49. The van der Waals surface area contributed by atoms with Gasteiger partial charge in [0, 0.05) is 34.1 Å². The van der Waals surface area contributed by atoms with Gasteiger partial charge in [-0.25, -0.2) is 0 Å². The van der Waals surface area contributed by atoms with Gasteiger partial charge in [0.25, 0.3) is 5.91 Å². The SMILES string of the molecule is CNC(C)CNC(=O)c1cc(C)n(-c2cccc(Br)c2)c1C. The van der Waals surface area contributed by atoms with Crippen LogP contribution in [-0.4, -0.2) is 30.1 Å². The molecule has 1 heterocycles. The van der Waals surface area contributed by atoms with Crippen LogP contribution in [-0.2, 0) is 0 Å². The summed E-state index contributed by atoms with van der Waals surface area (Å²) in [6.45, 7) is 6.63. The summed E-state index contributed by atoms with van der Waals surface area (Å²) in [5, 5.41) is 6.08. The number of hydrogen-bond acceptors (Lipinski definition) is 2. The molecule has 4 nitrogen and oxygen atoms in total. The smallest absolute Gasteiger partial charge is 0.253 e. The Kier molecular flexibility index (Phi) is 5.42. The molecule has 0 bridgehead atoms. The van der Waals surface area contributed by atoms with Crippen molar-refractivity contribution in [2.45, 2.75) is 26.8 Å². The molecule has 1 unspecified atom stereocenters. The average molecular weight is 364 g/mol. The van der Waals surface area contributed by atoms with Crippen molar-refractivity contribution in [2.75, 3.05) is 13.6 Å². The Morgan fingerprint density at radius 1 is 1.32 bits per heavy atom. The van der Waals surface area contributed by atoms with Crippen molar-refractivity contribution in [1.29, 1.82) is 0 Å². The normalized spacial score (nSPS) is 12.2. The number of carbonyl (C=O) groups is 1. The maximum Gasteiger partial charge on any atom is 0.253 e. The zero-order chi connectivity index (χ0) is 16.3. The minimum Gasteiger partial charge on any atom is -0.350 e. The number of aryl methyl sites for hydroxylation is 1. The number of likely N-dealkylation sites (N-methyl/N-ethyl adjacent to an activating group) is 1. The summed E-state index contributed by atoms with van der Waals surface area (Å²) in [6, 6.07) is 10.3. The van der Waals surface area contributed by atoms with Crippen LogP contribution in [0.3, 0.4) is 0 Å². The molecule has 0 saturated heterocycles. The van der Waals surface area contributed by atoms with Crippen molar-refractivity contribution < 1.29 is 4.79 Å². The fourth-order valence-corrected chi connectivity index (χ4v) is 2.84. The summed E-state index contributed by atoms with van der Waals surface area (Å²) in [4.78, 5) is 12.4. The number of rotatable bonds is 5. The van der Waals surface area contributed by atoms with Gasteiger partial charge >= 0.3 is 0 Å². The second kappa shape index (κ2) is 7.11. The van der Waals surface area contributed by atoms with Gasteiger partial charge in [-0.2, -0.15) is 0 Å². The lowest BCUT2D eigenvalue weighted by Gasteiger charge is -2.12. The van der Waals surface area contributed by atoms with E-state index < -0.39 is 0 Å². The van der Waals surface area contributed by atoms with Gasteiger partial charge in [-0.15, -0.1) is 0 Å². The average Bonchev–Trinajstić information content (AvgIpc) is 2.79. The molecule has 1 atom stereocenters. The minimum absolute atomic E-state index is 0.0311. The molecule has 2 rings (SSSR count). The Balaban J connectivity index is 2.29. The number of carbonyl (C=O) groups excluding carboxylic acids is 1. The first-order chi connectivity index (χ1) is 10.4. The third kappa shape index (κ3) is 3.59. The van der Waals surface area contributed by atoms with E-state index in [0.717, 1.165) is 27.1 Å². The van der Waals surface area contributed by atoms with E-state index in [9.17, 15) is 4.79 Å². The fraction of sp³-hybridized carbons (Fsp3) is 0.353. The van der Waals surface area contributed by atoms with Gasteiger partial charge in [0.1, 0.15) is 0 Å². The van der Waals surface area contributed by atoms with Crippen LogP contribution in [0.4, 0.5) is 0 Å². The Bertz CT molecular complexity index is 679. The first kappa shape index (κ1) is 16.8. The third-order valence-electron chi connectivity index (χ3n) is 3.80. The summed E-state index contributed by atoms with van der Waals surface area (Å²) in [7, 11) is 1.88. The van der Waals surface area contributed by atoms with Crippen LogP contribution >= 0.6 is 15.9 Å². The van der Waals surface area contributed by atoms with Crippen molar-refractivity contribution >= 4 is 21.8 Å². The van der Waals surface area contributed by atoms with Crippen LogP contribution in [0.2, 0.25) is 0 Å². The van der Waals surface area contributed by atoms with Gasteiger partial charge in [-0.05, 0) is 52.1 Å². The van der Waals surface area contributed by atoms with E-state index in [2.05, 4.69) is 31.1 Å². The number of aromatic nitrogens is 1. The Labute approximate surface area is 140 Å². The second-order valence-electron chi connectivity index (χ2n) is 5.50. The van der Waals surface area contributed by atoms with Gasteiger partial charge in [-0.3, -0.25) is 4.79 Å². The van der Waals surface area contributed by atoms with Gasteiger partial charge in [0.15, 0.2) is 0 Å². The van der Waals surface area contributed by atoms with Gasteiger partial charge in [0.05, 0.1) is 5.56 Å². The Hall–Kier alpha value is -1.59. The lowest BCUT2D eigenvalue weighted by molar-refractivity contribution is 0.0950. The highest BCUT2D eigenvalue weighted by Gasteiger charge is 2.17. The van der Waals surface area contributed by atoms with Crippen LogP contribution in [0.25, 0.3) is 5.69 Å². The summed E-state index contributed by atoms with van der Waals surface area (Å²) in [5.74, 6) is -0.0311. The van der Waals surface area contributed by atoms with Gasteiger partial charge < -0.3 is 15.2 Å². The van der Waals surface area contributed by atoms with Gasteiger partial charge in [0.2, 0.25) is 0 Å². The van der Waals surface area contributed by atoms with Crippen molar-refractivity contribution in [1.82, 2.24) is 15.2 Å². The summed E-state index contributed by atoms with van der Waals surface area (Å²) in [5.41, 5.74) is 3.76. The molecule has 0 spiro atoms. The second-order valence-corrected chi connectivity index (χ2v) is 6.42. The van der Waals surface area contributed by atoms with Gasteiger partial charge in [-0.1, -0.05) is 22.0 Å². The quantitative estimate of drug-likeness (QED) is 0.856. The molecule has 0 aliphatic rings. The molecule has 0 aliphatic carbocycles. The molecule has 22 heavy (non-hydrogen) atoms. The van der Waals surface area contributed by atoms with Crippen LogP contribution in [0, 0.1) is 13.8 Å². The van der Waals surface area contributed by atoms with Crippen molar-refractivity contribution in [3.63, 3.8) is 0 Å². The Morgan fingerprint density at radius 2 is 2.05 bits per heavy atom. The van der Waals surface area contributed by atoms with E-state index in [-0.39, 0.29) is 11.9 Å². The van der Waals surface area contributed by atoms with Crippen LogP contribution < -0.4 is 10.6 Å². The molecule has 118 valence electrons. The topological polar surface area (TPSA) is 46.1 Å². The van der Waals surface area contributed by atoms with Crippen molar-refractivity contribution in [3.8, 4) is 5.69 Å². The Morgan fingerprint density at radius 3 is 2.68 bits per heavy atom. The number of benzene rings is 1. The van der Waals surface area contributed by atoms with E-state index in [1.54, 1.807) is 0 Å². The number of nitrogens with zero attached hydrogens (tertiary/aromatic N) is 1. The molecule has 2 aromatic rings. The molecule has 5 heteroatoms. The summed E-state index contributed by atoms with van der Waals surface area (Å²) in [6.07, 6.45) is 0. The maximum absolute atomic E-state index is 12.4. The molecule has 1 amide bonds. The fourth-order valence-electron chi connectivity index (χ4n) is 2.45. The highest BCUT2D eigenvalue weighted by atomic mass is 79.9. The molecule has 0 radical (unpaired) electrons. The van der Waals surface area contributed by atoms with E-state index in [0.29, 0.717) is 6.54 Å². The highest BCUT2D eigenvalue weighted by Crippen LogP contribution is 2.23. The first-order valence-electron chi connectivity index (χ1n) is 7.34. The monoisotopic (exact) mass is 363 g/mol. The van der Waals surface area contributed by atoms with E-state index in [4.69, 9.17) is 0 Å². The molecule has 1 aromatic heterocycles. The molecule has 2 N–H and O–H groups in total. The summed E-state index contributed by atoms with van der Waals surface area (Å²) < 4.78 is 3.12. The molecule has 1 aromatic carbocycles. The predicted octanol–water partition coefficient (Wildman–Crippen LogP) is 3.19. The lowest BCUT2D eigenvalue weighted by atomic mass is 10.2. The highest BCUT2D eigenvalue weighted by molar-refractivity contribution is 9.10. The molecule has 0 saturated carbocycles. The lowest BCUT2D eigenvalue weighted by Crippen LogP contribution is -2.37. The molecule has 0 fully saturated rings. The van der Waals surface area contributed by atoms with Crippen LogP contribution in [0.15, 0.2) is 34.8 Å². The number of nitrogens with one attached hydrogen (secondary N) is 2. The van der Waals surface area contributed by atoms with Crippen molar-refractivity contribution in [3.05, 3.63) is 51.8 Å². The first-order valence-corrected chi connectivity index (χ1v) is 8.13.